The minimum Gasteiger partial charge on any atom is -0.463 e. The number of nitrogens with one attached hydrogen (secondary N) is 1. The molecular formula is C16H23FN2O6. The first-order chi connectivity index (χ1) is 11.6. The Balaban J connectivity index is 2.24. The van der Waals surface area contributed by atoms with Crippen LogP contribution in [0.2, 0.25) is 0 Å². The molecule has 1 aromatic rings. The van der Waals surface area contributed by atoms with Crippen LogP contribution in [0.25, 0.3) is 0 Å². The number of H-pyrrole nitrogens is 1. The van der Waals surface area contributed by atoms with Crippen LogP contribution in [-0.4, -0.2) is 44.6 Å². The summed E-state index contributed by atoms with van der Waals surface area (Å²) in [5, 5.41) is 10.6. The van der Waals surface area contributed by atoms with Crippen LogP contribution < -0.4 is 11.2 Å². The number of hydrogen-bond donors (Lipinski definition) is 2. The van der Waals surface area contributed by atoms with Gasteiger partial charge in [0.25, 0.3) is 5.56 Å². The number of nitrogens with zero attached hydrogens (tertiary/aromatic N) is 1. The molecule has 0 radical (unpaired) electrons. The summed E-state index contributed by atoms with van der Waals surface area (Å²) in [7, 11) is 0. The summed E-state index contributed by atoms with van der Waals surface area (Å²) in [6.07, 6.45) is -0.0734. The predicted molar refractivity (Wildman–Crippen MR) is 85.9 cm³/mol. The van der Waals surface area contributed by atoms with E-state index in [1.54, 1.807) is 0 Å². The lowest BCUT2D eigenvalue weighted by Gasteiger charge is -2.32. The lowest BCUT2D eigenvalue weighted by atomic mass is 9.84. The minimum atomic E-state index is -2.47. The smallest absolute Gasteiger partial charge is 0.330 e. The van der Waals surface area contributed by atoms with Gasteiger partial charge in [-0.3, -0.25) is 9.59 Å². The average molecular weight is 358 g/mol. The van der Waals surface area contributed by atoms with Gasteiger partial charge in [-0.05, 0) is 20.3 Å². The number of carbonyl (C=O) groups is 1. The van der Waals surface area contributed by atoms with Gasteiger partial charge in [-0.25, -0.2) is 13.8 Å². The van der Waals surface area contributed by atoms with E-state index in [1.165, 1.54) is 6.92 Å². The molecule has 0 saturated carbocycles. The van der Waals surface area contributed by atoms with Crippen molar-refractivity contribution in [2.24, 2.45) is 0 Å². The third-order valence-electron chi connectivity index (χ3n) is 4.63. The fourth-order valence-electron chi connectivity index (χ4n) is 2.70. The van der Waals surface area contributed by atoms with Crippen molar-refractivity contribution in [3.8, 4) is 0 Å². The largest absolute Gasteiger partial charge is 0.463 e. The summed E-state index contributed by atoms with van der Waals surface area (Å²) in [4.78, 5) is 37.7. The number of ether oxygens (including phenoxy) is 2. The lowest BCUT2D eigenvalue weighted by Crippen LogP contribution is -2.54. The molecule has 2 rings (SSSR count). The highest BCUT2D eigenvalue weighted by Gasteiger charge is 2.63. The molecule has 140 valence electrons. The van der Waals surface area contributed by atoms with Crippen LogP contribution in [0, 0.1) is 0 Å². The average Bonchev–Trinajstić information content (AvgIpc) is 2.70. The van der Waals surface area contributed by atoms with Crippen LogP contribution in [-0.2, 0) is 14.3 Å². The Morgan fingerprint density at radius 1 is 1.48 bits per heavy atom. The molecule has 9 heteroatoms. The number of halogens is 1. The molecule has 25 heavy (non-hydrogen) atoms. The number of aromatic amines is 1. The highest BCUT2D eigenvalue weighted by molar-refractivity contribution is 5.69. The topological polar surface area (TPSA) is 111 Å². The van der Waals surface area contributed by atoms with Crippen molar-refractivity contribution in [1.29, 1.82) is 0 Å². The number of rotatable bonds is 6. The lowest BCUT2D eigenvalue weighted by molar-refractivity contribution is -0.153. The number of esters is 1. The number of unbranched alkanes of at least 4 members (excludes halogenated alkanes) is 1. The second-order valence-corrected chi connectivity index (χ2v) is 6.48. The molecule has 0 amide bonds. The molecule has 0 aliphatic carbocycles. The Hall–Kier alpha value is -2.00. The van der Waals surface area contributed by atoms with E-state index >= 15 is 4.39 Å². The first-order valence-electron chi connectivity index (χ1n) is 8.15. The van der Waals surface area contributed by atoms with Crippen molar-refractivity contribution in [1.82, 2.24) is 9.55 Å². The predicted octanol–water partition coefficient (Wildman–Crippen LogP) is 0.647. The fourth-order valence-corrected chi connectivity index (χ4v) is 2.70. The molecule has 1 saturated heterocycles. The molecule has 2 N–H and O–H groups in total. The van der Waals surface area contributed by atoms with E-state index in [-0.39, 0.29) is 13.0 Å². The van der Waals surface area contributed by atoms with Gasteiger partial charge in [0.2, 0.25) is 0 Å². The molecule has 2 unspecified atom stereocenters. The Morgan fingerprint density at radius 2 is 2.16 bits per heavy atom. The molecule has 0 bridgehead atoms. The fraction of sp³-hybridized carbons (Fsp3) is 0.688. The Bertz CT molecular complexity index is 710. The molecule has 1 fully saturated rings. The second-order valence-electron chi connectivity index (χ2n) is 6.48. The Morgan fingerprint density at radius 3 is 2.76 bits per heavy atom. The van der Waals surface area contributed by atoms with E-state index in [2.05, 4.69) is 4.98 Å². The number of alkyl halides is 1. The van der Waals surface area contributed by atoms with E-state index in [1.807, 2.05) is 6.92 Å². The summed E-state index contributed by atoms with van der Waals surface area (Å²) in [5.41, 5.74) is -6.18. The normalized spacial score (nSPS) is 31.9. The van der Waals surface area contributed by atoms with Crippen molar-refractivity contribution < 1.29 is 23.8 Å². The van der Waals surface area contributed by atoms with Crippen molar-refractivity contribution in [2.75, 3.05) is 6.61 Å². The summed E-state index contributed by atoms with van der Waals surface area (Å²) < 4.78 is 26.3. The maximum atomic E-state index is 15.2. The van der Waals surface area contributed by atoms with E-state index in [0.717, 1.165) is 25.6 Å². The summed E-state index contributed by atoms with van der Waals surface area (Å²) in [6.45, 7) is 3.76. The summed E-state index contributed by atoms with van der Waals surface area (Å²) in [6, 6.07) is 1.05. The number of aromatic nitrogens is 2. The van der Waals surface area contributed by atoms with Crippen LogP contribution in [0.1, 0.15) is 46.3 Å². The monoisotopic (exact) mass is 358 g/mol. The third-order valence-corrected chi connectivity index (χ3v) is 4.63. The summed E-state index contributed by atoms with van der Waals surface area (Å²) >= 11 is 0. The zero-order valence-electron chi connectivity index (χ0n) is 14.5. The van der Waals surface area contributed by atoms with Crippen molar-refractivity contribution >= 4 is 5.97 Å². The van der Waals surface area contributed by atoms with Gasteiger partial charge in [0.15, 0.2) is 11.9 Å². The minimum absolute atomic E-state index is 0.208. The highest BCUT2D eigenvalue weighted by Crippen LogP contribution is 2.47. The molecule has 0 aromatic carbocycles. The third kappa shape index (κ3) is 3.52. The number of aliphatic hydroxyl groups is 1. The van der Waals surface area contributed by atoms with Gasteiger partial charge in [0.05, 0.1) is 0 Å². The zero-order valence-corrected chi connectivity index (χ0v) is 14.5. The number of carbonyl (C=O) groups excluding carboxylic acids is 1. The van der Waals surface area contributed by atoms with Crippen LogP contribution >= 0.6 is 0 Å². The van der Waals surface area contributed by atoms with Crippen LogP contribution in [0.15, 0.2) is 21.9 Å². The van der Waals surface area contributed by atoms with Gasteiger partial charge < -0.3 is 19.6 Å². The van der Waals surface area contributed by atoms with E-state index in [0.29, 0.717) is 11.0 Å². The van der Waals surface area contributed by atoms with Crippen LogP contribution in [0.3, 0.4) is 0 Å². The van der Waals surface area contributed by atoms with Crippen molar-refractivity contribution in [2.45, 2.75) is 63.6 Å². The quantitative estimate of drug-likeness (QED) is 0.722. The molecule has 1 aliphatic rings. The molecule has 1 aromatic heterocycles. The SMILES string of the molecule is CCCCC(=O)OC[C@H]1OC(n2c(=O)cc[nH]c2=O)[C@](C)(F)C1(C)O. The molecular weight excluding hydrogens is 335 g/mol. The highest BCUT2D eigenvalue weighted by atomic mass is 19.1. The van der Waals surface area contributed by atoms with Gasteiger partial charge >= 0.3 is 11.7 Å². The zero-order chi connectivity index (χ0) is 18.8. The van der Waals surface area contributed by atoms with Gasteiger partial charge in [-0.1, -0.05) is 13.3 Å². The van der Waals surface area contributed by atoms with Crippen molar-refractivity contribution in [3.05, 3.63) is 33.1 Å². The van der Waals surface area contributed by atoms with E-state index < -0.39 is 40.8 Å². The molecule has 0 spiro atoms. The van der Waals surface area contributed by atoms with Gasteiger partial charge in [-0.2, -0.15) is 0 Å². The first-order valence-corrected chi connectivity index (χ1v) is 8.15. The molecule has 8 nitrogen and oxygen atoms in total. The molecule has 4 atom stereocenters. The standard InChI is InChI=1S/C16H23FN2O6/c1-4-5-6-12(21)24-9-10-16(3,23)15(2,17)13(25-10)19-11(20)7-8-18-14(19)22/h7-8,10,13,23H,4-6,9H2,1-3H3,(H,18,22)/t10-,13?,15+,16?/m1/s1. The van der Waals surface area contributed by atoms with Gasteiger partial charge in [0, 0.05) is 18.7 Å². The van der Waals surface area contributed by atoms with Crippen molar-refractivity contribution in [3.63, 3.8) is 0 Å². The van der Waals surface area contributed by atoms with E-state index in [4.69, 9.17) is 9.47 Å². The van der Waals surface area contributed by atoms with Crippen LogP contribution in [0.4, 0.5) is 4.39 Å². The maximum Gasteiger partial charge on any atom is 0.330 e. The molecule has 2 heterocycles. The van der Waals surface area contributed by atoms with E-state index in [9.17, 15) is 19.5 Å². The maximum absolute atomic E-state index is 15.2. The number of hydrogen-bond acceptors (Lipinski definition) is 6. The second kappa shape index (κ2) is 7.09. The van der Waals surface area contributed by atoms with Gasteiger partial charge in [0.1, 0.15) is 18.3 Å². The first kappa shape index (κ1) is 19.3. The Labute approximate surface area is 143 Å². The molecule has 1 aliphatic heterocycles. The Kier molecular flexibility index (Phi) is 5.48. The summed E-state index contributed by atoms with van der Waals surface area (Å²) in [5.74, 6) is -0.486. The van der Waals surface area contributed by atoms with Crippen LogP contribution in [0.5, 0.6) is 0 Å². The van der Waals surface area contributed by atoms with Gasteiger partial charge in [-0.15, -0.1) is 0 Å².